The summed E-state index contributed by atoms with van der Waals surface area (Å²) in [5.41, 5.74) is 1.35. The Morgan fingerprint density at radius 1 is 1.31 bits per heavy atom. The lowest BCUT2D eigenvalue weighted by Gasteiger charge is -2.30. The molecule has 0 radical (unpaired) electrons. The second-order valence-corrected chi connectivity index (χ2v) is 8.06. The van der Waals surface area contributed by atoms with Gasteiger partial charge in [0.05, 0.1) is 24.0 Å². The molecule has 1 spiro atoms. The van der Waals surface area contributed by atoms with E-state index in [4.69, 9.17) is 9.84 Å². The first-order chi connectivity index (χ1) is 14.1. The minimum atomic E-state index is -0.384. The number of rotatable bonds is 0. The Bertz CT molecular complexity index is 1160. The van der Waals surface area contributed by atoms with Gasteiger partial charge < -0.3 is 15.0 Å². The molecule has 0 aromatic carbocycles. The average molecular weight is 394 g/mol. The normalized spacial score (nSPS) is 27.8. The molecule has 1 N–H and O–H groups in total. The van der Waals surface area contributed by atoms with Crippen molar-refractivity contribution in [1.29, 1.82) is 0 Å². The highest BCUT2D eigenvalue weighted by molar-refractivity contribution is 5.93. The van der Waals surface area contributed by atoms with Crippen molar-refractivity contribution in [2.24, 2.45) is 5.92 Å². The van der Waals surface area contributed by atoms with Crippen LogP contribution >= 0.6 is 0 Å². The number of nitrogens with zero attached hydrogens (tertiary/aromatic N) is 5. The average Bonchev–Trinajstić information content (AvgIpc) is 3.09. The van der Waals surface area contributed by atoms with Crippen LogP contribution in [0.3, 0.4) is 0 Å². The van der Waals surface area contributed by atoms with E-state index in [-0.39, 0.29) is 29.9 Å². The monoisotopic (exact) mass is 394 g/mol. The maximum atomic E-state index is 14.2. The third kappa shape index (κ3) is 2.30. The van der Waals surface area contributed by atoms with Gasteiger partial charge in [-0.1, -0.05) is 0 Å². The highest BCUT2D eigenvalue weighted by Gasteiger charge is 2.65. The van der Waals surface area contributed by atoms with Crippen molar-refractivity contribution >= 4 is 17.4 Å². The number of imidazole rings is 1. The van der Waals surface area contributed by atoms with Crippen LogP contribution < -0.4 is 15.0 Å². The molecule has 3 aromatic rings. The summed E-state index contributed by atoms with van der Waals surface area (Å²) in [5.74, 6) is 0.890. The molecule has 1 aliphatic carbocycles. The summed E-state index contributed by atoms with van der Waals surface area (Å²) in [6, 6.07) is 5.02. The number of ether oxygens (including phenoxy) is 1. The third-order valence-electron chi connectivity index (χ3n) is 6.24. The number of nitrogens with one attached hydrogen (secondary N) is 1. The molecule has 3 aliphatic rings. The number of piperidine rings is 1. The van der Waals surface area contributed by atoms with Crippen LogP contribution in [0.25, 0.3) is 5.65 Å². The van der Waals surface area contributed by atoms with Gasteiger partial charge in [-0.25, -0.2) is 18.9 Å². The molecule has 9 heteroatoms. The molecule has 8 nitrogen and oxygen atoms in total. The maximum absolute atomic E-state index is 14.2. The number of aromatic nitrogens is 4. The Hall–Kier alpha value is -3.23. The van der Waals surface area contributed by atoms with Gasteiger partial charge >= 0.3 is 0 Å². The zero-order chi connectivity index (χ0) is 19.8. The molecule has 1 saturated heterocycles. The van der Waals surface area contributed by atoms with Gasteiger partial charge in [-0.2, -0.15) is 0 Å². The van der Waals surface area contributed by atoms with Crippen molar-refractivity contribution in [1.82, 2.24) is 24.9 Å². The molecular formula is C20H19FN6O2. The summed E-state index contributed by atoms with van der Waals surface area (Å²) >= 11 is 0. The molecule has 1 saturated carbocycles. The molecule has 29 heavy (non-hydrogen) atoms. The van der Waals surface area contributed by atoms with E-state index in [0.29, 0.717) is 23.1 Å². The summed E-state index contributed by atoms with van der Waals surface area (Å²) in [5, 5.41) is 7.64. The Morgan fingerprint density at radius 2 is 2.21 bits per heavy atom. The number of anilines is 1. The Morgan fingerprint density at radius 3 is 3.07 bits per heavy atom. The standard InChI is InChI=1S/C20H19FN6O2/c1-11-10-29-19-14(6-13(21)8-23-19)20-7-12(20)4-5-26(20)17-3-2-16-22-9-15(18(28)24-11)27(16)25-17/h2-3,6,8-9,11-12H,4-5,7,10H2,1H3,(H,24,28)/t11-,12+,20-/m1/s1. The van der Waals surface area contributed by atoms with E-state index in [1.165, 1.54) is 18.5 Å². The molecule has 2 aliphatic heterocycles. The third-order valence-corrected chi connectivity index (χ3v) is 6.24. The van der Waals surface area contributed by atoms with Crippen LogP contribution in [0.1, 0.15) is 35.8 Å². The largest absolute Gasteiger partial charge is 0.475 e. The van der Waals surface area contributed by atoms with Crippen molar-refractivity contribution < 1.29 is 13.9 Å². The fraction of sp³-hybridized carbons (Fsp3) is 0.400. The van der Waals surface area contributed by atoms with E-state index in [0.717, 1.165) is 30.8 Å². The first-order valence-electron chi connectivity index (χ1n) is 9.78. The lowest BCUT2D eigenvalue weighted by molar-refractivity contribution is 0.0918. The topological polar surface area (TPSA) is 84.7 Å². The Labute approximate surface area is 165 Å². The molecule has 0 unspecified atom stereocenters. The van der Waals surface area contributed by atoms with Crippen molar-refractivity contribution in [3.63, 3.8) is 0 Å². The molecule has 1 amide bonds. The minimum Gasteiger partial charge on any atom is -0.475 e. The second kappa shape index (κ2) is 5.65. The van der Waals surface area contributed by atoms with Crippen LogP contribution in [0, 0.1) is 11.7 Å². The van der Waals surface area contributed by atoms with Crippen LogP contribution in [0.4, 0.5) is 10.2 Å². The van der Waals surface area contributed by atoms with Gasteiger partial charge in [0.2, 0.25) is 5.88 Å². The van der Waals surface area contributed by atoms with E-state index in [2.05, 4.69) is 20.2 Å². The number of carbonyl (C=O) groups excluding carboxylic acids is 1. The van der Waals surface area contributed by atoms with Crippen LogP contribution in [-0.2, 0) is 5.54 Å². The fourth-order valence-electron chi connectivity index (χ4n) is 4.82. The first-order valence-corrected chi connectivity index (χ1v) is 9.78. The molecule has 2 fully saturated rings. The summed E-state index contributed by atoms with van der Waals surface area (Å²) in [7, 11) is 0. The second-order valence-electron chi connectivity index (χ2n) is 8.06. The van der Waals surface area contributed by atoms with Crippen LogP contribution in [0.15, 0.2) is 30.6 Å². The van der Waals surface area contributed by atoms with E-state index in [9.17, 15) is 9.18 Å². The fourth-order valence-corrected chi connectivity index (χ4v) is 4.82. The Balaban J connectivity index is 1.57. The van der Waals surface area contributed by atoms with E-state index in [1.807, 2.05) is 19.1 Å². The zero-order valence-electron chi connectivity index (χ0n) is 15.8. The number of pyridine rings is 1. The smallest absolute Gasteiger partial charge is 0.271 e. The zero-order valence-corrected chi connectivity index (χ0v) is 15.8. The van der Waals surface area contributed by atoms with Gasteiger partial charge in [0.1, 0.15) is 18.2 Å². The number of amides is 1. The summed E-state index contributed by atoms with van der Waals surface area (Å²) in [6.07, 6.45) is 4.59. The van der Waals surface area contributed by atoms with Gasteiger partial charge in [-0.3, -0.25) is 4.79 Å². The van der Waals surface area contributed by atoms with Gasteiger partial charge in [0.15, 0.2) is 11.3 Å². The number of hydrogen-bond donors (Lipinski definition) is 1. The quantitative estimate of drug-likeness (QED) is 0.627. The van der Waals surface area contributed by atoms with Crippen LogP contribution in [0.5, 0.6) is 5.88 Å². The van der Waals surface area contributed by atoms with E-state index >= 15 is 0 Å². The lowest BCUT2D eigenvalue weighted by Crippen LogP contribution is -2.37. The molecule has 5 heterocycles. The molecule has 6 rings (SSSR count). The lowest BCUT2D eigenvalue weighted by atomic mass is 10.0. The number of hydrogen-bond acceptors (Lipinski definition) is 6. The van der Waals surface area contributed by atoms with Crippen molar-refractivity contribution in [3.8, 4) is 5.88 Å². The minimum absolute atomic E-state index is 0.227. The molecule has 2 bridgehead atoms. The van der Waals surface area contributed by atoms with E-state index < -0.39 is 0 Å². The van der Waals surface area contributed by atoms with Gasteiger partial charge in [-0.05, 0) is 43.9 Å². The van der Waals surface area contributed by atoms with Crippen molar-refractivity contribution in [2.45, 2.75) is 31.3 Å². The van der Waals surface area contributed by atoms with Crippen molar-refractivity contribution in [3.05, 3.63) is 47.7 Å². The SMILES string of the molecule is C[C@@H]1COc2ncc(F)cc2[C@@]23C[C@@H]2CCN3c2ccc3ncc(n3n2)C(=O)N1. The van der Waals surface area contributed by atoms with Crippen molar-refractivity contribution in [2.75, 3.05) is 18.1 Å². The maximum Gasteiger partial charge on any atom is 0.271 e. The van der Waals surface area contributed by atoms with Gasteiger partial charge in [0.25, 0.3) is 5.91 Å². The predicted octanol–water partition coefficient (Wildman–Crippen LogP) is 1.90. The number of halogens is 1. The first kappa shape index (κ1) is 16.7. The van der Waals surface area contributed by atoms with Gasteiger partial charge in [-0.15, -0.1) is 5.10 Å². The number of carbonyl (C=O) groups is 1. The number of fused-ring (bicyclic) bond motifs is 3. The van der Waals surface area contributed by atoms with E-state index in [1.54, 1.807) is 4.52 Å². The molecule has 148 valence electrons. The van der Waals surface area contributed by atoms with Crippen LogP contribution in [-0.4, -0.2) is 44.7 Å². The Kier molecular flexibility index (Phi) is 3.25. The van der Waals surface area contributed by atoms with Gasteiger partial charge in [0, 0.05) is 12.1 Å². The summed E-state index contributed by atoms with van der Waals surface area (Å²) in [4.78, 5) is 23.5. The summed E-state index contributed by atoms with van der Waals surface area (Å²) in [6.45, 7) is 2.87. The molecular weight excluding hydrogens is 375 g/mol. The predicted molar refractivity (Wildman–Crippen MR) is 101 cm³/mol. The highest BCUT2D eigenvalue weighted by Crippen LogP contribution is 2.64. The molecule has 3 aromatic heterocycles. The van der Waals surface area contributed by atoms with Crippen LogP contribution in [0.2, 0.25) is 0 Å². The molecule has 3 atom stereocenters. The summed E-state index contributed by atoms with van der Waals surface area (Å²) < 4.78 is 21.7. The highest BCUT2D eigenvalue weighted by atomic mass is 19.1.